The number of aliphatic hydroxyl groups is 1. The fourth-order valence-electron chi connectivity index (χ4n) is 5.54. The maximum absolute atomic E-state index is 13.7. The molecule has 1 aromatic carbocycles. The lowest BCUT2D eigenvalue weighted by atomic mass is 9.85. The molecule has 0 fully saturated rings. The maximum Gasteiger partial charge on any atom is 0.336 e. The smallest absolute Gasteiger partial charge is 0.336 e. The van der Waals surface area contributed by atoms with E-state index in [0.717, 1.165) is 27.6 Å². The molecule has 0 amide bonds. The molecule has 38 heavy (non-hydrogen) atoms. The van der Waals surface area contributed by atoms with Crippen LogP contribution in [0.15, 0.2) is 53.6 Å². The molecule has 2 aliphatic rings. The summed E-state index contributed by atoms with van der Waals surface area (Å²) in [4.78, 5) is 42.2. The second kappa shape index (κ2) is 8.59. The molecule has 0 bridgehead atoms. The number of carboxylic acid groups (broad SMARTS) is 1. The number of fused-ring (bicyclic) bond motifs is 5. The molecule has 3 aromatic heterocycles. The second-order valence-electron chi connectivity index (χ2n) is 10.0. The lowest BCUT2D eigenvalue weighted by molar-refractivity contribution is -0.688. The average Bonchev–Trinajstić information content (AvgIpc) is 3.20. The van der Waals surface area contributed by atoms with E-state index in [4.69, 9.17) is 9.72 Å². The van der Waals surface area contributed by atoms with E-state index in [1.54, 1.807) is 42.1 Å². The van der Waals surface area contributed by atoms with Crippen molar-refractivity contribution in [2.45, 2.75) is 52.0 Å². The number of ether oxygens (including phenoxy) is 1. The summed E-state index contributed by atoms with van der Waals surface area (Å²) in [6.07, 6.45) is 3.49. The van der Waals surface area contributed by atoms with E-state index < -0.39 is 17.5 Å². The number of benzene rings is 1. The highest BCUT2D eigenvalue weighted by molar-refractivity contribution is 5.89. The summed E-state index contributed by atoms with van der Waals surface area (Å²) in [5, 5.41) is 21.6. The van der Waals surface area contributed by atoms with Gasteiger partial charge < -0.3 is 19.5 Å². The number of rotatable bonds is 4. The van der Waals surface area contributed by atoms with E-state index in [2.05, 4.69) is 6.07 Å². The Labute approximate surface area is 217 Å². The number of hydrogen-bond acceptors (Lipinski definition) is 6. The van der Waals surface area contributed by atoms with Crippen LogP contribution in [-0.4, -0.2) is 31.7 Å². The number of carbonyl (C=O) groups is 2. The number of aromatic nitrogens is 3. The predicted molar refractivity (Wildman–Crippen MR) is 137 cm³/mol. The Morgan fingerprint density at radius 3 is 2.63 bits per heavy atom. The van der Waals surface area contributed by atoms with Gasteiger partial charge in [0.2, 0.25) is 0 Å². The SMILES string of the molecule is CCC1(O)CC(=O)OCc2c1cc1n(c2=O)Cc2c-1nc1ccc(C)cc1c2C[n+]1ccc(C(=O)O)cc1. The van der Waals surface area contributed by atoms with Crippen LogP contribution >= 0.6 is 0 Å². The Balaban J connectivity index is 1.57. The van der Waals surface area contributed by atoms with E-state index in [1.807, 2.05) is 23.6 Å². The minimum Gasteiger partial charge on any atom is -0.478 e. The van der Waals surface area contributed by atoms with Crippen molar-refractivity contribution in [2.24, 2.45) is 0 Å². The van der Waals surface area contributed by atoms with Gasteiger partial charge in [0.15, 0.2) is 18.9 Å². The van der Waals surface area contributed by atoms with Crippen molar-refractivity contribution in [3.8, 4) is 11.4 Å². The van der Waals surface area contributed by atoms with Gasteiger partial charge >= 0.3 is 11.9 Å². The molecule has 1 unspecified atom stereocenters. The third-order valence-corrected chi connectivity index (χ3v) is 7.70. The first kappa shape index (κ1) is 24.0. The molecule has 0 spiro atoms. The topological polar surface area (TPSA) is 123 Å². The van der Waals surface area contributed by atoms with Crippen molar-refractivity contribution in [1.82, 2.24) is 9.55 Å². The minimum absolute atomic E-state index is 0.181. The Hall–Kier alpha value is -4.37. The van der Waals surface area contributed by atoms with Crippen molar-refractivity contribution >= 4 is 22.8 Å². The molecule has 192 valence electrons. The van der Waals surface area contributed by atoms with Crippen molar-refractivity contribution in [2.75, 3.05) is 0 Å². The van der Waals surface area contributed by atoms with Gasteiger partial charge in [0.1, 0.15) is 12.2 Å². The van der Waals surface area contributed by atoms with E-state index in [1.165, 1.54) is 0 Å². The monoisotopic (exact) mass is 512 g/mol. The van der Waals surface area contributed by atoms with Crippen LogP contribution in [-0.2, 0) is 34.8 Å². The summed E-state index contributed by atoms with van der Waals surface area (Å²) in [6.45, 7) is 4.34. The van der Waals surface area contributed by atoms with Crippen LogP contribution in [0.3, 0.4) is 0 Å². The lowest BCUT2D eigenvalue weighted by Gasteiger charge is -2.26. The minimum atomic E-state index is -1.50. The van der Waals surface area contributed by atoms with Crippen molar-refractivity contribution in [3.05, 3.63) is 92.5 Å². The highest BCUT2D eigenvalue weighted by Gasteiger charge is 2.40. The molecular weight excluding hydrogens is 486 g/mol. The molecule has 5 heterocycles. The summed E-state index contributed by atoms with van der Waals surface area (Å²) in [5.41, 5.74) is 4.08. The molecule has 1 atom stereocenters. The molecule has 4 aromatic rings. The maximum atomic E-state index is 13.7. The summed E-state index contributed by atoms with van der Waals surface area (Å²) in [7, 11) is 0. The molecule has 0 radical (unpaired) electrons. The van der Waals surface area contributed by atoms with Gasteiger partial charge in [-0.2, -0.15) is 0 Å². The number of aromatic carboxylic acids is 1. The highest BCUT2D eigenvalue weighted by atomic mass is 16.5. The highest BCUT2D eigenvalue weighted by Crippen LogP contribution is 2.40. The van der Waals surface area contributed by atoms with Crippen molar-refractivity contribution in [3.63, 3.8) is 0 Å². The zero-order valence-corrected chi connectivity index (χ0v) is 21.0. The third kappa shape index (κ3) is 3.69. The zero-order valence-electron chi connectivity index (χ0n) is 21.0. The van der Waals surface area contributed by atoms with Gasteiger partial charge in [-0.1, -0.05) is 18.6 Å². The van der Waals surface area contributed by atoms with E-state index in [-0.39, 0.29) is 42.7 Å². The molecule has 6 rings (SSSR count). The Morgan fingerprint density at radius 1 is 1.16 bits per heavy atom. The van der Waals surface area contributed by atoms with Gasteiger partial charge in [0.05, 0.1) is 41.0 Å². The quantitative estimate of drug-likeness (QED) is 0.280. The Bertz CT molecular complexity index is 1720. The first-order chi connectivity index (χ1) is 18.2. The zero-order chi connectivity index (χ0) is 26.8. The summed E-state index contributed by atoms with van der Waals surface area (Å²) < 4.78 is 8.82. The molecule has 0 saturated carbocycles. The van der Waals surface area contributed by atoms with Gasteiger partial charge in [0, 0.05) is 28.6 Å². The van der Waals surface area contributed by atoms with Gasteiger partial charge in [0.25, 0.3) is 5.56 Å². The van der Waals surface area contributed by atoms with Crippen molar-refractivity contribution < 1.29 is 29.1 Å². The summed E-state index contributed by atoms with van der Waals surface area (Å²) in [5.74, 6) is -1.53. The molecular formula is C29H26N3O6+. The number of esters is 1. The first-order valence-electron chi connectivity index (χ1n) is 12.5. The third-order valence-electron chi connectivity index (χ3n) is 7.70. The summed E-state index contributed by atoms with van der Waals surface area (Å²) in [6, 6.07) is 10.9. The van der Waals surface area contributed by atoms with Gasteiger partial charge in [-0.05, 0) is 37.1 Å². The molecule has 9 heteroatoms. The van der Waals surface area contributed by atoms with Crippen LogP contribution < -0.4 is 10.1 Å². The Morgan fingerprint density at radius 2 is 1.92 bits per heavy atom. The average molecular weight is 513 g/mol. The van der Waals surface area contributed by atoms with Gasteiger partial charge in [-0.15, -0.1) is 0 Å². The number of carbonyl (C=O) groups excluding carboxylic acids is 1. The number of carboxylic acids is 1. The fraction of sp³-hybridized carbons (Fsp3) is 0.276. The number of aryl methyl sites for hydroxylation is 1. The molecule has 0 aliphatic carbocycles. The van der Waals surface area contributed by atoms with Gasteiger partial charge in [-0.3, -0.25) is 9.59 Å². The van der Waals surface area contributed by atoms with Crippen LogP contribution in [0, 0.1) is 6.92 Å². The largest absolute Gasteiger partial charge is 0.478 e. The standard InChI is InChI=1S/C29H25N3O6/c1-3-29(37)12-25(33)38-15-21-22(29)11-24-26-20(14-32(24)27(21)34)19(18-10-16(2)4-5-23(18)30-26)13-31-8-6-17(7-9-31)28(35)36/h4-11,37H,3,12-15H2,1-2H3/p+1. The predicted octanol–water partition coefficient (Wildman–Crippen LogP) is 2.81. The molecule has 2 aliphatic heterocycles. The normalized spacial score (nSPS) is 17.9. The lowest BCUT2D eigenvalue weighted by Crippen LogP contribution is -2.34. The van der Waals surface area contributed by atoms with Crippen LogP contribution in [0.25, 0.3) is 22.3 Å². The first-order valence-corrected chi connectivity index (χ1v) is 12.5. The van der Waals surface area contributed by atoms with E-state index in [9.17, 15) is 24.6 Å². The fourth-order valence-corrected chi connectivity index (χ4v) is 5.54. The van der Waals surface area contributed by atoms with E-state index >= 15 is 0 Å². The number of cyclic esters (lactones) is 1. The van der Waals surface area contributed by atoms with Crippen LogP contribution in [0.5, 0.6) is 0 Å². The Kier molecular flexibility index (Phi) is 5.43. The molecule has 0 saturated heterocycles. The van der Waals surface area contributed by atoms with Crippen LogP contribution in [0.1, 0.15) is 57.9 Å². The van der Waals surface area contributed by atoms with Crippen molar-refractivity contribution in [1.29, 1.82) is 0 Å². The number of hydrogen-bond donors (Lipinski definition) is 2. The van der Waals surface area contributed by atoms with E-state index in [0.29, 0.717) is 23.5 Å². The molecule has 2 N–H and O–H groups in total. The van der Waals surface area contributed by atoms with Crippen LogP contribution in [0.2, 0.25) is 0 Å². The number of nitrogens with zero attached hydrogens (tertiary/aromatic N) is 3. The number of pyridine rings is 3. The van der Waals surface area contributed by atoms with Crippen LogP contribution in [0.4, 0.5) is 0 Å². The van der Waals surface area contributed by atoms with Gasteiger partial charge in [-0.25, -0.2) is 14.3 Å². The molecule has 9 nitrogen and oxygen atoms in total. The summed E-state index contributed by atoms with van der Waals surface area (Å²) >= 11 is 0. The second-order valence-corrected chi connectivity index (χ2v) is 10.0.